The second-order valence-electron chi connectivity index (χ2n) is 11.2. The van der Waals surface area contributed by atoms with Gasteiger partial charge in [-0.25, -0.2) is 4.79 Å². The van der Waals surface area contributed by atoms with Gasteiger partial charge in [0.15, 0.2) is 6.61 Å². The minimum Gasteiger partial charge on any atom is -0.452 e. The summed E-state index contributed by atoms with van der Waals surface area (Å²) >= 11 is 0. The van der Waals surface area contributed by atoms with Crippen LogP contribution in [0.5, 0.6) is 0 Å². The number of ether oxygens (including phenoxy) is 1. The Morgan fingerprint density at radius 2 is 1.60 bits per heavy atom. The molecule has 188 valence electrons. The smallest absolute Gasteiger partial charge is 0.354 e. The molecule has 3 aliphatic rings. The summed E-state index contributed by atoms with van der Waals surface area (Å²) in [5.74, 6) is -1.80. The number of Topliss-reactive ketones (excluding diaryl/α,β-unsaturated/α-hetero) is 1. The molecule has 2 fully saturated rings. The molecule has 1 aromatic rings. The number of carbonyl (C=O) groups is 5. The van der Waals surface area contributed by atoms with E-state index in [-0.39, 0.29) is 43.3 Å². The third-order valence-electron chi connectivity index (χ3n) is 7.19. The van der Waals surface area contributed by atoms with Crippen molar-refractivity contribution in [2.24, 2.45) is 0 Å². The lowest BCUT2D eigenvalue weighted by molar-refractivity contribution is -0.169. The van der Waals surface area contributed by atoms with Gasteiger partial charge in [0.05, 0.1) is 11.3 Å². The molecular weight excluding hydrogens is 450 g/mol. The average molecular weight is 484 g/mol. The fourth-order valence-electron chi connectivity index (χ4n) is 6.36. The van der Waals surface area contributed by atoms with Gasteiger partial charge in [0.25, 0.3) is 11.8 Å². The lowest BCUT2D eigenvalue weighted by Gasteiger charge is -2.52. The van der Waals surface area contributed by atoms with Gasteiger partial charge in [-0.05, 0) is 53.7 Å². The number of nitrogens with zero attached hydrogens (tertiary/aromatic N) is 3. The summed E-state index contributed by atoms with van der Waals surface area (Å²) in [5, 5.41) is 0. The number of carbonyl (C=O) groups excluding carboxylic acids is 5. The summed E-state index contributed by atoms with van der Waals surface area (Å²) in [6.07, 6.45) is 0.581. The number of hydrogen-bond acceptors (Lipinski definition) is 6. The highest BCUT2D eigenvalue weighted by molar-refractivity contribution is 6.15. The zero-order valence-electron chi connectivity index (χ0n) is 21.2. The Balaban J connectivity index is 1.66. The van der Waals surface area contributed by atoms with E-state index in [1.54, 1.807) is 43.0 Å². The molecule has 3 heterocycles. The first-order valence-electron chi connectivity index (χ1n) is 12.0. The van der Waals surface area contributed by atoms with E-state index in [4.69, 9.17) is 4.74 Å². The summed E-state index contributed by atoms with van der Waals surface area (Å²) < 4.78 is 5.60. The van der Waals surface area contributed by atoms with Crippen molar-refractivity contribution >= 4 is 35.2 Å². The highest BCUT2D eigenvalue weighted by Crippen LogP contribution is 2.46. The van der Waals surface area contributed by atoms with Crippen molar-refractivity contribution < 1.29 is 28.7 Å². The molecule has 3 amide bonds. The Morgan fingerprint density at radius 3 is 2.20 bits per heavy atom. The molecule has 35 heavy (non-hydrogen) atoms. The van der Waals surface area contributed by atoms with Crippen LogP contribution in [0, 0.1) is 0 Å². The Bertz CT molecular complexity index is 1100. The molecule has 2 saturated heterocycles. The van der Waals surface area contributed by atoms with Crippen molar-refractivity contribution in [3.8, 4) is 0 Å². The largest absolute Gasteiger partial charge is 0.452 e. The number of rotatable bonds is 4. The maximum absolute atomic E-state index is 13.7. The minimum atomic E-state index is -1.65. The van der Waals surface area contributed by atoms with Crippen LogP contribution in [-0.4, -0.2) is 68.7 Å². The fourth-order valence-corrected chi connectivity index (χ4v) is 6.36. The van der Waals surface area contributed by atoms with Crippen molar-refractivity contribution in [2.45, 2.75) is 90.0 Å². The molecule has 0 radical (unpaired) electrons. The molecule has 1 atom stereocenters. The molecular formula is C26H33N3O6. The van der Waals surface area contributed by atoms with Crippen LogP contribution >= 0.6 is 0 Å². The number of hydrogen-bond donors (Lipinski definition) is 0. The van der Waals surface area contributed by atoms with Gasteiger partial charge in [0.2, 0.25) is 11.6 Å². The number of fused-ring (bicyclic) bond motifs is 3. The molecule has 4 rings (SSSR count). The third-order valence-corrected chi connectivity index (χ3v) is 7.19. The molecule has 0 saturated carbocycles. The zero-order chi connectivity index (χ0) is 25.9. The van der Waals surface area contributed by atoms with Gasteiger partial charge in [0, 0.05) is 42.8 Å². The molecule has 0 aliphatic carbocycles. The summed E-state index contributed by atoms with van der Waals surface area (Å²) in [4.78, 5) is 70.2. The average Bonchev–Trinajstić information content (AvgIpc) is 3.07. The van der Waals surface area contributed by atoms with Crippen LogP contribution in [0.2, 0.25) is 0 Å². The first-order chi connectivity index (χ1) is 16.2. The molecule has 9 heteroatoms. The minimum absolute atomic E-state index is 0.0716. The number of amides is 3. The second kappa shape index (κ2) is 8.17. The highest BCUT2D eigenvalue weighted by atomic mass is 16.5. The van der Waals surface area contributed by atoms with Gasteiger partial charge >= 0.3 is 5.97 Å². The fraction of sp³-hybridized carbons (Fsp3) is 0.577. The van der Waals surface area contributed by atoms with E-state index in [9.17, 15) is 24.0 Å². The van der Waals surface area contributed by atoms with Crippen LogP contribution < -0.4 is 4.90 Å². The maximum atomic E-state index is 13.7. The van der Waals surface area contributed by atoms with Crippen LogP contribution in [0.1, 0.15) is 77.6 Å². The van der Waals surface area contributed by atoms with E-state index in [2.05, 4.69) is 0 Å². The van der Waals surface area contributed by atoms with Crippen molar-refractivity contribution in [3.05, 3.63) is 29.8 Å². The van der Waals surface area contributed by atoms with E-state index >= 15 is 0 Å². The van der Waals surface area contributed by atoms with E-state index in [1.807, 2.05) is 27.7 Å². The molecule has 1 unspecified atom stereocenters. The van der Waals surface area contributed by atoms with Gasteiger partial charge in [-0.15, -0.1) is 0 Å². The molecule has 3 aliphatic heterocycles. The van der Waals surface area contributed by atoms with E-state index in [0.717, 1.165) is 0 Å². The van der Waals surface area contributed by atoms with Crippen molar-refractivity contribution in [1.82, 2.24) is 9.80 Å². The van der Waals surface area contributed by atoms with Crippen LogP contribution in [0.4, 0.5) is 5.69 Å². The summed E-state index contributed by atoms with van der Waals surface area (Å²) in [5.41, 5.74) is -2.41. The van der Waals surface area contributed by atoms with Gasteiger partial charge in [-0.3, -0.25) is 24.1 Å². The van der Waals surface area contributed by atoms with Crippen molar-refractivity contribution in [2.75, 3.05) is 11.5 Å². The van der Waals surface area contributed by atoms with Gasteiger partial charge in [-0.2, -0.15) is 0 Å². The molecule has 1 aromatic carbocycles. The first-order valence-corrected chi connectivity index (χ1v) is 12.0. The highest BCUT2D eigenvalue weighted by Gasteiger charge is 2.62. The first kappa shape index (κ1) is 24.9. The SMILES string of the molecule is CC(C)N1C(=O)c2ccccc2N2C(=O)CCC21C(=O)OCC(=O)N1C(C)(C)CC(=O)CC1(C)C. The number of likely N-dealkylation sites (tertiary alicyclic amines) is 1. The molecule has 0 N–H and O–H groups in total. The van der Waals surface area contributed by atoms with Crippen molar-refractivity contribution in [1.29, 1.82) is 0 Å². The standard InChI is InChI=1S/C26H33N3O6/c1-16(2)27-22(33)18-9-7-8-10-19(18)28-20(31)11-12-26(27,28)23(34)35-15-21(32)29-24(3,4)13-17(30)14-25(29,5)6/h7-10,16H,11-15H2,1-6H3. The number of benzene rings is 1. The lowest BCUT2D eigenvalue weighted by atomic mass is 9.79. The van der Waals surface area contributed by atoms with Crippen molar-refractivity contribution in [3.63, 3.8) is 0 Å². The summed E-state index contributed by atoms with van der Waals surface area (Å²) in [6, 6.07) is 6.31. The predicted molar refractivity (Wildman–Crippen MR) is 127 cm³/mol. The Labute approximate surface area is 205 Å². The topological polar surface area (TPSA) is 104 Å². The van der Waals surface area contributed by atoms with E-state index < -0.39 is 41.3 Å². The quantitative estimate of drug-likeness (QED) is 0.610. The van der Waals surface area contributed by atoms with E-state index in [0.29, 0.717) is 11.3 Å². The number of anilines is 1. The Hall–Kier alpha value is -3.23. The van der Waals surface area contributed by atoms with Crippen LogP contribution in [0.3, 0.4) is 0 Å². The molecule has 0 bridgehead atoms. The van der Waals surface area contributed by atoms with Crippen LogP contribution in [-0.2, 0) is 23.9 Å². The molecule has 9 nitrogen and oxygen atoms in total. The van der Waals surface area contributed by atoms with E-state index in [1.165, 1.54) is 9.80 Å². The number of piperidine rings is 1. The predicted octanol–water partition coefficient (Wildman–Crippen LogP) is 2.67. The third kappa shape index (κ3) is 3.72. The Morgan fingerprint density at radius 1 is 1.00 bits per heavy atom. The lowest BCUT2D eigenvalue weighted by Crippen LogP contribution is -2.70. The number of esters is 1. The molecule has 0 aromatic heterocycles. The number of para-hydroxylation sites is 1. The zero-order valence-corrected chi connectivity index (χ0v) is 21.2. The number of ketones is 1. The normalized spacial score (nSPS) is 25.0. The van der Waals surface area contributed by atoms with Crippen LogP contribution in [0.15, 0.2) is 24.3 Å². The van der Waals surface area contributed by atoms with Crippen LogP contribution in [0.25, 0.3) is 0 Å². The monoisotopic (exact) mass is 483 g/mol. The van der Waals surface area contributed by atoms with Gasteiger partial charge < -0.3 is 14.5 Å². The Kier molecular flexibility index (Phi) is 5.81. The molecule has 0 spiro atoms. The maximum Gasteiger partial charge on any atom is 0.354 e. The van der Waals surface area contributed by atoms with Gasteiger partial charge in [-0.1, -0.05) is 12.1 Å². The summed E-state index contributed by atoms with van der Waals surface area (Å²) in [7, 11) is 0. The van der Waals surface area contributed by atoms with Gasteiger partial charge in [0.1, 0.15) is 5.78 Å². The summed E-state index contributed by atoms with van der Waals surface area (Å²) in [6.45, 7) is 10.3. The second-order valence-corrected chi connectivity index (χ2v) is 11.2.